The van der Waals surface area contributed by atoms with Crippen molar-refractivity contribution in [3.63, 3.8) is 0 Å². The number of likely N-dealkylation sites (N-methyl/N-ethyl adjacent to an activating group) is 2. The summed E-state index contributed by atoms with van der Waals surface area (Å²) in [5, 5.41) is 12.5. The molecule has 10 heteroatoms. The van der Waals surface area contributed by atoms with Gasteiger partial charge >= 0.3 is 0 Å². The molecule has 4 aliphatic heterocycles. The Morgan fingerprint density at radius 3 is 2.28 bits per heavy atom. The summed E-state index contributed by atoms with van der Waals surface area (Å²) in [6, 6.07) is 19.3. The number of nitrogens with zero attached hydrogens (tertiary/aromatic N) is 2. The number of ether oxygens (including phenoxy) is 6. The van der Waals surface area contributed by atoms with Gasteiger partial charge in [0.05, 0.1) is 47.5 Å². The molecule has 53 heavy (non-hydrogen) atoms. The van der Waals surface area contributed by atoms with E-state index in [4.69, 9.17) is 28.4 Å². The molecule has 4 atom stereocenters. The Labute approximate surface area is 312 Å². The fourth-order valence-corrected chi connectivity index (χ4v) is 8.32. The molecule has 0 radical (unpaired) electrons. The van der Waals surface area contributed by atoms with Gasteiger partial charge in [-0.3, -0.25) is 4.90 Å². The van der Waals surface area contributed by atoms with Gasteiger partial charge in [-0.2, -0.15) is 0 Å². The third kappa shape index (κ3) is 6.74. The van der Waals surface area contributed by atoms with Gasteiger partial charge in [-0.15, -0.1) is 0 Å². The van der Waals surface area contributed by atoms with Crippen molar-refractivity contribution in [2.75, 3.05) is 55.1 Å². The fraction of sp³-hybridized carbons (Fsp3) is 0.419. The number of carboxylic acids is 1. The fourth-order valence-electron chi connectivity index (χ4n) is 8.32. The summed E-state index contributed by atoms with van der Waals surface area (Å²) >= 11 is 0. The maximum Gasteiger partial charge on any atom is 0.204 e. The molecule has 280 valence electrons. The summed E-state index contributed by atoms with van der Waals surface area (Å²) in [4.78, 5) is 14.9. The van der Waals surface area contributed by atoms with Crippen LogP contribution in [0.4, 0.5) is 0 Å². The summed E-state index contributed by atoms with van der Waals surface area (Å²) < 4.78 is 38.2. The average Bonchev–Trinajstić information content (AvgIpc) is 3.16. The number of aliphatic carboxylic acids is 1. The molecule has 4 aromatic rings. The lowest BCUT2D eigenvalue weighted by Crippen LogP contribution is -2.62. The van der Waals surface area contributed by atoms with E-state index in [1.54, 1.807) is 28.3 Å². The number of fused-ring (bicyclic) bond motifs is 2. The number of carbonyl (C=O) groups excluding carboxylic acids is 1. The molecular formula is C43H50N2O8. The lowest BCUT2D eigenvalue weighted by atomic mass is 9.85. The molecule has 4 aromatic carbocycles. The highest BCUT2D eigenvalue weighted by Crippen LogP contribution is 2.52. The molecule has 0 fully saturated rings. The number of rotatable bonds is 8. The predicted molar refractivity (Wildman–Crippen MR) is 200 cm³/mol. The van der Waals surface area contributed by atoms with Crippen molar-refractivity contribution in [2.24, 2.45) is 0 Å². The quantitative estimate of drug-likeness (QED) is 0.187. The number of hydrogen-bond donors (Lipinski definition) is 0. The Morgan fingerprint density at radius 1 is 0.887 bits per heavy atom. The lowest BCUT2D eigenvalue weighted by Gasteiger charge is -2.50. The second-order valence-corrected chi connectivity index (χ2v) is 14.7. The van der Waals surface area contributed by atoms with E-state index >= 15 is 0 Å². The second kappa shape index (κ2) is 14.8. The minimum Gasteiger partial charge on any atom is -0.544 e. The monoisotopic (exact) mass is 722 g/mol. The van der Waals surface area contributed by atoms with Gasteiger partial charge in [-0.25, -0.2) is 0 Å². The van der Waals surface area contributed by atoms with E-state index in [0.717, 1.165) is 52.8 Å². The van der Waals surface area contributed by atoms with Gasteiger partial charge in [0.25, 0.3) is 0 Å². The van der Waals surface area contributed by atoms with E-state index in [1.807, 2.05) is 25.2 Å². The summed E-state index contributed by atoms with van der Waals surface area (Å²) in [7, 11) is 9.13. The van der Waals surface area contributed by atoms with Gasteiger partial charge in [-0.05, 0) is 98.0 Å². The molecule has 0 spiro atoms. The van der Waals surface area contributed by atoms with Crippen molar-refractivity contribution in [3.8, 4) is 46.0 Å². The topological polar surface area (TPSA) is 98.8 Å². The molecule has 6 bridgehead atoms. The van der Waals surface area contributed by atoms with E-state index in [2.05, 4.69) is 61.3 Å². The van der Waals surface area contributed by atoms with Gasteiger partial charge in [-0.1, -0.05) is 25.1 Å². The molecule has 0 aliphatic carbocycles. The predicted octanol–water partition coefficient (Wildman–Crippen LogP) is 6.60. The van der Waals surface area contributed by atoms with Gasteiger partial charge in [0, 0.05) is 36.6 Å². The average molecular weight is 723 g/mol. The number of carbonyl (C=O) groups is 1. The molecule has 4 heterocycles. The molecule has 0 aromatic heterocycles. The van der Waals surface area contributed by atoms with Crippen LogP contribution in [0.1, 0.15) is 65.7 Å². The molecule has 0 saturated heterocycles. The Bertz CT molecular complexity index is 2000. The number of methoxy groups -OCH3 is 3. The molecular weight excluding hydrogens is 672 g/mol. The molecule has 4 unspecified atom stereocenters. The van der Waals surface area contributed by atoms with Gasteiger partial charge in [0.1, 0.15) is 17.8 Å². The Hall–Kier alpha value is -4.93. The van der Waals surface area contributed by atoms with E-state index < -0.39 is 12.0 Å². The largest absolute Gasteiger partial charge is 0.544 e. The normalized spacial score (nSPS) is 21.2. The SMILES string of the molecule is CCCOc1c(OC)cc2c3c1Oc1cc4c(cc1OC)CC[N+](C)(C(C)C(=O)[O-])C4Cc1ccc(cc1)Oc1cc(ccc1OC)CC3N(C)CC2. The van der Waals surface area contributed by atoms with Gasteiger partial charge in [0.15, 0.2) is 34.5 Å². The van der Waals surface area contributed by atoms with Crippen LogP contribution in [0.5, 0.6) is 46.0 Å². The van der Waals surface area contributed by atoms with Crippen molar-refractivity contribution in [3.05, 3.63) is 94.0 Å². The first-order valence-corrected chi connectivity index (χ1v) is 18.5. The molecule has 0 amide bonds. The number of quaternary nitrogens is 1. The zero-order valence-electron chi connectivity index (χ0n) is 31.8. The minimum atomic E-state index is -1.07. The van der Waals surface area contributed by atoms with Crippen molar-refractivity contribution in [1.29, 1.82) is 0 Å². The van der Waals surface area contributed by atoms with Crippen molar-refractivity contribution >= 4 is 5.97 Å². The first kappa shape index (κ1) is 36.4. The van der Waals surface area contributed by atoms with Crippen LogP contribution >= 0.6 is 0 Å². The minimum absolute atomic E-state index is 0.0803. The van der Waals surface area contributed by atoms with Crippen LogP contribution in [0.15, 0.2) is 60.7 Å². The Balaban J connectivity index is 1.50. The van der Waals surface area contributed by atoms with Crippen LogP contribution in [-0.2, 0) is 30.5 Å². The Kier molecular flexibility index (Phi) is 10.2. The van der Waals surface area contributed by atoms with Crippen molar-refractivity contribution in [2.45, 2.75) is 64.1 Å². The third-order valence-electron chi connectivity index (χ3n) is 11.6. The number of carboxylic acid groups (broad SMARTS) is 1. The smallest absolute Gasteiger partial charge is 0.204 e. The molecule has 10 nitrogen and oxygen atoms in total. The summed E-state index contributed by atoms with van der Waals surface area (Å²) in [5.74, 6) is 3.76. The van der Waals surface area contributed by atoms with Crippen LogP contribution < -0.4 is 33.5 Å². The third-order valence-corrected chi connectivity index (χ3v) is 11.6. The summed E-state index contributed by atoms with van der Waals surface area (Å²) in [6.07, 6.45) is 3.53. The molecule has 0 saturated carbocycles. The maximum absolute atomic E-state index is 12.5. The molecule has 0 N–H and O–H groups in total. The molecule has 4 aliphatic rings. The Morgan fingerprint density at radius 2 is 1.58 bits per heavy atom. The van der Waals surface area contributed by atoms with Gasteiger partial charge < -0.3 is 42.8 Å². The first-order chi connectivity index (χ1) is 25.6. The van der Waals surface area contributed by atoms with Crippen molar-refractivity contribution < 1.29 is 42.8 Å². The highest BCUT2D eigenvalue weighted by atomic mass is 16.6. The zero-order valence-corrected chi connectivity index (χ0v) is 31.8. The maximum atomic E-state index is 12.5. The van der Waals surface area contributed by atoms with Crippen LogP contribution in [0.2, 0.25) is 0 Å². The number of hydrogen-bond acceptors (Lipinski definition) is 9. The van der Waals surface area contributed by atoms with Gasteiger partial charge in [0.2, 0.25) is 5.75 Å². The number of benzene rings is 4. The van der Waals surface area contributed by atoms with Crippen molar-refractivity contribution in [1.82, 2.24) is 4.90 Å². The van der Waals surface area contributed by atoms with Crippen LogP contribution in [0.3, 0.4) is 0 Å². The van der Waals surface area contributed by atoms with E-state index in [9.17, 15) is 9.90 Å². The van der Waals surface area contributed by atoms with Crippen LogP contribution in [0.25, 0.3) is 0 Å². The molecule has 8 rings (SSSR count). The van der Waals surface area contributed by atoms with E-state index in [0.29, 0.717) is 78.4 Å². The highest BCUT2D eigenvalue weighted by Gasteiger charge is 2.44. The highest BCUT2D eigenvalue weighted by molar-refractivity contribution is 5.69. The zero-order chi connectivity index (χ0) is 37.4. The second-order valence-electron chi connectivity index (χ2n) is 14.7. The standard InChI is InChI=1S/C43H50N2O8/c1-8-19-51-41-39(50-7)24-30-15-17-44(3)33-20-28-11-14-35(48-5)37(22-28)52-31-12-9-27(10-13-31)21-34-32-25-38(53-42(41)40(30)33)36(49-6)23-29(32)16-18-45(34,4)26(2)43(46)47/h9-14,22-26,33-34H,8,15-21H2,1-7H3. The van der Waals surface area contributed by atoms with Crippen LogP contribution in [-0.4, -0.2) is 76.5 Å². The summed E-state index contributed by atoms with van der Waals surface area (Å²) in [6.45, 7) is 5.77. The van der Waals surface area contributed by atoms with E-state index in [1.165, 1.54) is 0 Å². The van der Waals surface area contributed by atoms with Crippen LogP contribution in [0, 0.1) is 0 Å². The first-order valence-electron chi connectivity index (χ1n) is 18.5. The summed E-state index contributed by atoms with van der Waals surface area (Å²) in [5.41, 5.74) is 6.41. The van der Waals surface area contributed by atoms with E-state index in [-0.39, 0.29) is 16.6 Å². The lowest BCUT2D eigenvalue weighted by molar-refractivity contribution is -0.956.